The van der Waals surface area contributed by atoms with Crippen molar-refractivity contribution in [3.8, 4) is 0 Å². The second-order valence-electron chi connectivity index (χ2n) is 9.12. The van der Waals surface area contributed by atoms with Crippen molar-refractivity contribution in [2.45, 2.75) is 69.6 Å². The molecule has 3 atom stereocenters. The Morgan fingerprint density at radius 2 is 1.85 bits per heavy atom. The van der Waals surface area contributed by atoms with Gasteiger partial charge in [0.05, 0.1) is 9.42 Å². The monoisotopic (exact) mass is 389 g/mol. The summed E-state index contributed by atoms with van der Waals surface area (Å²) in [5.74, 6) is 0.459. The van der Waals surface area contributed by atoms with E-state index in [-0.39, 0.29) is 11.5 Å². The molecular formula is C21H31NO2SSi. The summed E-state index contributed by atoms with van der Waals surface area (Å²) in [4.78, 5) is 0.380. The van der Waals surface area contributed by atoms with Crippen molar-refractivity contribution in [2.75, 3.05) is 0 Å². The van der Waals surface area contributed by atoms with Crippen LogP contribution in [0.3, 0.4) is 0 Å². The van der Waals surface area contributed by atoms with Gasteiger partial charge in [0.15, 0.2) is 0 Å². The standard InChI is InChI=1S/C21H31NO2SSi/c1-21-14-8-11-19(22)18(21)13-12-16(21)15-20(26(2,3)4)25(23,24)17-9-6-5-7-10-17/h5-7,9-10,18-19H,8,11-14,22H2,1-4H3. The molecule has 2 aliphatic carbocycles. The smallest absolute Gasteiger partial charge is 0.205 e. The molecule has 2 N–H and O–H groups in total. The molecule has 0 aromatic heterocycles. The molecule has 2 saturated carbocycles. The van der Waals surface area contributed by atoms with E-state index in [1.165, 1.54) is 5.57 Å². The molecule has 1 aromatic rings. The number of hydrogen-bond acceptors (Lipinski definition) is 3. The lowest BCUT2D eigenvalue weighted by atomic mass is 9.66. The number of allylic oxidation sites excluding steroid dienone is 1. The molecule has 3 unspecified atom stereocenters. The van der Waals surface area contributed by atoms with Gasteiger partial charge in [-0.15, -0.1) is 5.73 Å². The van der Waals surface area contributed by atoms with Crippen molar-refractivity contribution in [2.24, 2.45) is 17.1 Å². The van der Waals surface area contributed by atoms with Gasteiger partial charge in [0.2, 0.25) is 9.84 Å². The second kappa shape index (κ2) is 6.79. The van der Waals surface area contributed by atoms with Gasteiger partial charge in [-0.2, -0.15) is 0 Å². The van der Waals surface area contributed by atoms with Crippen LogP contribution < -0.4 is 5.73 Å². The maximum atomic E-state index is 13.4. The molecule has 26 heavy (non-hydrogen) atoms. The van der Waals surface area contributed by atoms with Gasteiger partial charge >= 0.3 is 0 Å². The van der Waals surface area contributed by atoms with Gasteiger partial charge in [-0.05, 0) is 49.3 Å². The van der Waals surface area contributed by atoms with E-state index >= 15 is 0 Å². The molecular weight excluding hydrogens is 358 g/mol. The minimum Gasteiger partial charge on any atom is -0.327 e. The highest BCUT2D eigenvalue weighted by Gasteiger charge is 2.48. The Hall–Kier alpha value is -1.13. The first kappa shape index (κ1) is 19.6. The molecule has 3 nitrogen and oxygen atoms in total. The summed E-state index contributed by atoms with van der Waals surface area (Å²) in [6, 6.07) is 9.04. The van der Waals surface area contributed by atoms with Gasteiger partial charge in [0.1, 0.15) is 8.07 Å². The third-order valence-electron chi connectivity index (χ3n) is 6.23. The van der Waals surface area contributed by atoms with Crippen LogP contribution >= 0.6 is 0 Å². The number of hydrogen-bond donors (Lipinski definition) is 1. The number of sulfone groups is 1. The summed E-state index contributed by atoms with van der Waals surface area (Å²) in [5, 5.41) is 0. The van der Waals surface area contributed by atoms with Crippen LogP contribution in [-0.4, -0.2) is 22.5 Å². The molecule has 1 aromatic carbocycles. The van der Waals surface area contributed by atoms with Gasteiger partial charge in [-0.1, -0.05) is 51.2 Å². The van der Waals surface area contributed by atoms with Crippen LogP contribution in [0.2, 0.25) is 19.6 Å². The van der Waals surface area contributed by atoms with Gasteiger partial charge in [-0.3, -0.25) is 0 Å². The Morgan fingerprint density at radius 3 is 2.46 bits per heavy atom. The number of nitrogens with two attached hydrogens (primary N) is 1. The summed E-state index contributed by atoms with van der Waals surface area (Å²) < 4.78 is 27.3. The van der Waals surface area contributed by atoms with Gasteiger partial charge in [-0.25, -0.2) is 8.42 Å². The predicted octanol–water partition coefficient (Wildman–Crippen LogP) is 4.67. The highest BCUT2D eigenvalue weighted by Crippen LogP contribution is 2.54. The lowest BCUT2D eigenvalue weighted by molar-refractivity contribution is 0.161. The summed E-state index contributed by atoms with van der Waals surface area (Å²) in [7, 11) is -5.62. The predicted molar refractivity (Wildman–Crippen MR) is 110 cm³/mol. The third-order valence-corrected chi connectivity index (χ3v) is 11.9. The summed E-state index contributed by atoms with van der Waals surface area (Å²) >= 11 is 0. The van der Waals surface area contributed by atoms with Crippen molar-refractivity contribution in [3.63, 3.8) is 0 Å². The zero-order valence-electron chi connectivity index (χ0n) is 16.4. The molecule has 0 radical (unpaired) electrons. The molecule has 0 aliphatic heterocycles. The number of fused-ring (bicyclic) bond motifs is 1. The van der Waals surface area contributed by atoms with Crippen LogP contribution in [0.1, 0.15) is 39.0 Å². The molecule has 2 fully saturated rings. The fraction of sp³-hybridized carbons (Fsp3) is 0.571. The lowest BCUT2D eigenvalue weighted by Gasteiger charge is -2.40. The summed E-state index contributed by atoms with van der Waals surface area (Å²) in [5.41, 5.74) is 11.1. The molecule has 0 heterocycles. The van der Waals surface area contributed by atoms with Gasteiger partial charge in [0.25, 0.3) is 0 Å². The van der Waals surface area contributed by atoms with Crippen molar-refractivity contribution in [3.05, 3.63) is 46.2 Å². The van der Waals surface area contributed by atoms with Gasteiger partial charge < -0.3 is 5.73 Å². The van der Waals surface area contributed by atoms with Crippen LogP contribution in [0.25, 0.3) is 0 Å². The first-order valence-electron chi connectivity index (χ1n) is 9.63. The Bertz CT molecular complexity index is 848. The molecule has 0 saturated heterocycles. The third kappa shape index (κ3) is 3.38. The molecule has 5 heteroatoms. The van der Waals surface area contributed by atoms with Crippen molar-refractivity contribution >= 4 is 17.9 Å². The molecule has 2 aliphatic rings. The Balaban J connectivity index is 2.20. The number of benzene rings is 1. The van der Waals surface area contributed by atoms with E-state index in [9.17, 15) is 8.42 Å². The van der Waals surface area contributed by atoms with E-state index in [2.05, 4.69) is 32.3 Å². The van der Waals surface area contributed by atoms with Crippen LogP contribution in [0.4, 0.5) is 0 Å². The Kier molecular flexibility index (Phi) is 5.13. The fourth-order valence-corrected chi connectivity index (χ4v) is 9.89. The summed E-state index contributed by atoms with van der Waals surface area (Å²) in [6.45, 7) is 8.57. The highest BCUT2D eigenvalue weighted by atomic mass is 32.2. The van der Waals surface area contributed by atoms with Crippen LogP contribution in [0.15, 0.2) is 51.1 Å². The van der Waals surface area contributed by atoms with Crippen molar-refractivity contribution < 1.29 is 8.42 Å². The van der Waals surface area contributed by atoms with Crippen molar-refractivity contribution in [1.29, 1.82) is 0 Å². The second-order valence-corrected chi connectivity index (χ2v) is 16.4. The van der Waals surface area contributed by atoms with E-state index in [0.29, 0.717) is 15.3 Å². The SMILES string of the molecule is CC12CCCC(N)C1CCC2=C=C([Si](C)(C)C)S(=O)(=O)c1ccccc1. The maximum Gasteiger partial charge on any atom is 0.205 e. The minimum atomic E-state index is -3.51. The molecule has 0 amide bonds. The van der Waals surface area contributed by atoms with Crippen LogP contribution in [-0.2, 0) is 9.84 Å². The zero-order chi connectivity index (χ0) is 19.2. The molecule has 0 spiro atoms. The first-order chi connectivity index (χ1) is 12.1. The maximum absolute atomic E-state index is 13.4. The van der Waals surface area contributed by atoms with Crippen LogP contribution in [0.5, 0.6) is 0 Å². The van der Waals surface area contributed by atoms with E-state index in [0.717, 1.165) is 32.1 Å². The van der Waals surface area contributed by atoms with Crippen molar-refractivity contribution in [1.82, 2.24) is 0 Å². The van der Waals surface area contributed by atoms with E-state index in [1.807, 2.05) is 6.07 Å². The van der Waals surface area contributed by atoms with Gasteiger partial charge in [0, 0.05) is 11.5 Å². The van der Waals surface area contributed by atoms with E-state index < -0.39 is 17.9 Å². The van der Waals surface area contributed by atoms with E-state index in [1.54, 1.807) is 24.3 Å². The Labute approximate surface area is 159 Å². The fourth-order valence-electron chi connectivity index (χ4n) is 4.77. The lowest BCUT2D eigenvalue weighted by Crippen LogP contribution is -2.42. The average molecular weight is 390 g/mol. The molecule has 0 bridgehead atoms. The quantitative estimate of drug-likeness (QED) is 0.603. The highest BCUT2D eigenvalue weighted by molar-refractivity contribution is 7.97. The topological polar surface area (TPSA) is 60.2 Å². The molecule has 3 rings (SSSR count). The zero-order valence-corrected chi connectivity index (χ0v) is 18.2. The normalized spacial score (nSPS) is 29.2. The first-order valence-corrected chi connectivity index (χ1v) is 14.6. The largest absolute Gasteiger partial charge is 0.327 e. The number of rotatable bonds is 3. The van der Waals surface area contributed by atoms with Crippen LogP contribution in [0, 0.1) is 11.3 Å². The molecule has 142 valence electrons. The summed E-state index contributed by atoms with van der Waals surface area (Å²) in [6.07, 6.45) is 5.28. The minimum absolute atomic E-state index is 0.00870. The van der Waals surface area contributed by atoms with E-state index in [4.69, 9.17) is 5.73 Å². The average Bonchev–Trinajstić information content (AvgIpc) is 2.90. The Morgan fingerprint density at radius 1 is 1.19 bits per heavy atom.